The van der Waals surface area contributed by atoms with Crippen molar-refractivity contribution in [2.24, 2.45) is 5.41 Å². The van der Waals surface area contributed by atoms with Crippen LogP contribution in [0.5, 0.6) is 0 Å². The summed E-state index contributed by atoms with van der Waals surface area (Å²) in [5, 5.41) is 0. The molecule has 118 valence electrons. The number of rotatable bonds is 3. The average molecular weight is 299 g/mol. The molecule has 1 heterocycles. The lowest BCUT2D eigenvalue weighted by atomic mass is 9.81. The molecule has 0 aromatic rings. The number of hydrogen-bond acceptors (Lipinski definition) is 3. The van der Waals surface area contributed by atoms with Crippen LogP contribution in [0.2, 0.25) is 0 Å². The van der Waals surface area contributed by atoms with Crippen LogP contribution in [0.3, 0.4) is 0 Å². The Balaban J connectivity index is 1.87. The number of nitrogens with zero attached hydrogens (tertiary/aromatic N) is 2. The minimum Gasteiger partial charge on any atom is -0.300 e. The Morgan fingerprint density at radius 2 is 1.45 bits per heavy atom. The minimum absolute atomic E-state index is 0.329. The molecule has 0 aromatic carbocycles. The highest BCUT2D eigenvalue weighted by Crippen LogP contribution is 2.37. The van der Waals surface area contributed by atoms with Crippen LogP contribution in [-0.2, 0) is 0 Å². The first-order valence-corrected chi connectivity index (χ1v) is 9.17. The lowest BCUT2D eigenvalue weighted by Crippen LogP contribution is -2.55. The highest BCUT2D eigenvalue weighted by atomic mass is 32.1. The molecule has 1 aliphatic carbocycles. The zero-order chi connectivity index (χ0) is 14.6. The van der Waals surface area contributed by atoms with Gasteiger partial charge in [-0.3, -0.25) is 4.90 Å². The van der Waals surface area contributed by atoms with Gasteiger partial charge in [0.05, 0.1) is 0 Å². The van der Waals surface area contributed by atoms with Crippen molar-refractivity contribution < 1.29 is 0 Å². The molecule has 1 saturated carbocycles. The molecule has 0 radical (unpaired) electrons. The monoisotopic (exact) mass is 298 g/mol. The molecule has 2 aliphatic rings. The molecule has 0 unspecified atom stereocenters. The summed E-state index contributed by atoms with van der Waals surface area (Å²) in [6, 6.07) is 0. The normalized spacial score (nSPS) is 26.4. The predicted molar refractivity (Wildman–Crippen MR) is 91.8 cm³/mol. The smallest absolute Gasteiger partial charge is 0.0126 e. The first kappa shape index (κ1) is 16.6. The third-order valence-electron chi connectivity index (χ3n) is 5.38. The summed E-state index contributed by atoms with van der Waals surface area (Å²) in [6.07, 6.45) is 8.51. The minimum atomic E-state index is 0.329. The van der Waals surface area contributed by atoms with Gasteiger partial charge in [-0.25, -0.2) is 0 Å². The van der Waals surface area contributed by atoms with Gasteiger partial charge in [0, 0.05) is 38.3 Å². The van der Waals surface area contributed by atoms with Gasteiger partial charge in [-0.05, 0) is 44.8 Å². The summed E-state index contributed by atoms with van der Waals surface area (Å²) < 4.78 is 0. The molecule has 1 aliphatic heterocycles. The molecule has 0 amide bonds. The number of piperazine rings is 1. The highest BCUT2D eigenvalue weighted by molar-refractivity contribution is 7.80. The van der Waals surface area contributed by atoms with Crippen LogP contribution in [0.15, 0.2) is 0 Å². The molecule has 0 N–H and O–H groups in total. The summed E-state index contributed by atoms with van der Waals surface area (Å²) in [6.45, 7) is 13.2. The van der Waals surface area contributed by atoms with E-state index in [-0.39, 0.29) is 0 Å². The molecule has 3 heteroatoms. The van der Waals surface area contributed by atoms with E-state index in [1.165, 1.54) is 71.2 Å². The van der Waals surface area contributed by atoms with Crippen molar-refractivity contribution in [1.82, 2.24) is 9.80 Å². The maximum atomic E-state index is 4.72. The van der Waals surface area contributed by atoms with E-state index in [1.807, 2.05) is 0 Å². The summed E-state index contributed by atoms with van der Waals surface area (Å²) in [5.41, 5.74) is 0.832. The van der Waals surface area contributed by atoms with Gasteiger partial charge in [-0.1, -0.05) is 25.7 Å². The second-order valence-corrected chi connectivity index (χ2v) is 8.32. The molecule has 2 nitrogen and oxygen atoms in total. The van der Waals surface area contributed by atoms with Crippen LogP contribution in [-0.4, -0.2) is 53.8 Å². The van der Waals surface area contributed by atoms with E-state index in [1.54, 1.807) is 0 Å². The topological polar surface area (TPSA) is 6.48 Å². The third-order valence-corrected chi connectivity index (χ3v) is 6.05. The fourth-order valence-electron chi connectivity index (χ4n) is 3.90. The fraction of sp³-hybridized carbons (Fsp3) is 1.00. The van der Waals surface area contributed by atoms with Crippen LogP contribution < -0.4 is 0 Å². The predicted octanol–water partition coefficient (Wildman–Crippen LogP) is 3.67. The lowest BCUT2D eigenvalue weighted by molar-refractivity contribution is 0.0404. The van der Waals surface area contributed by atoms with Crippen LogP contribution in [0.4, 0.5) is 0 Å². The van der Waals surface area contributed by atoms with Gasteiger partial charge >= 0.3 is 0 Å². The Hall–Kier alpha value is 0.270. The van der Waals surface area contributed by atoms with Crippen molar-refractivity contribution in [3.63, 3.8) is 0 Å². The Morgan fingerprint density at radius 3 is 1.90 bits per heavy atom. The first-order chi connectivity index (χ1) is 9.45. The van der Waals surface area contributed by atoms with Gasteiger partial charge in [-0.15, -0.1) is 0 Å². The molecule has 0 bridgehead atoms. The second-order valence-electron chi connectivity index (χ2n) is 8.01. The molecular weight excluding hydrogens is 264 g/mol. The highest BCUT2D eigenvalue weighted by Gasteiger charge is 2.33. The van der Waals surface area contributed by atoms with E-state index in [2.05, 4.69) is 30.6 Å². The standard InChI is InChI=1S/C17H34N2S/c1-16(2,3)19-12-10-18(11-13-19)14-17(15-20)8-6-4-5-7-9-17/h20H,4-15H2,1-3H3. The molecule has 20 heavy (non-hydrogen) atoms. The Bertz CT molecular complexity index is 282. The van der Waals surface area contributed by atoms with Crippen molar-refractivity contribution in [2.45, 2.75) is 64.8 Å². The van der Waals surface area contributed by atoms with E-state index < -0.39 is 0 Å². The molecule has 2 rings (SSSR count). The second kappa shape index (κ2) is 7.02. The maximum Gasteiger partial charge on any atom is 0.0126 e. The summed E-state index contributed by atoms with van der Waals surface area (Å²) in [7, 11) is 0. The van der Waals surface area contributed by atoms with Gasteiger partial charge in [0.1, 0.15) is 0 Å². The van der Waals surface area contributed by atoms with Crippen molar-refractivity contribution in [2.75, 3.05) is 38.5 Å². The van der Waals surface area contributed by atoms with E-state index in [9.17, 15) is 0 Å². The van der Waals surface area contributed by atoms with Crippen molar-refractivity contribution in [1.29, 1.82) is 0 Å². The van der Waals surface area contributed by atoms with Gasteiger partial charge in [0.25, 0.3) is 0 Å². The summed E-state index contributed by atoms with van der Waals surface area (Å²) in [5.74, 6) is 1.08. The molecular formula is C17H34N2S. The largest absolute Gasteiger partial charge is 0.300 e. The SMILES string of the molecule is CC(C)(C)N1CCN(CC2(CS)CCCCCC2)CC1. The van der Waals surface area contributed by atoms with E-state index in [0.717, 1.165) is 5.75 Å². The molecule has 0 atom stereocenters. The maximum absolute atomic E-state index is 4.72. The lowest BCUT2D eigenvalue weighted by Gasteiger charge is -2.45. The van der Waals surface area contributed by atoms with Crippen LogP contribution in [0.1, 0.15) is 59.3 Å². The van der Waals surface area contributed by atoms with E-state index in [4.69, 9.17) is 12.6 Å². The molecule has 1 saturated heterocycles. The molecule has 0 spiro atoms. The molecule has 2 fully saturated rings. The van der Waals surface area contributed by atoms with Crippen LogP contribution in [0.25, 0.3) is 0 Å². The summed E-state index contributed by atoms with van der Waals surface area (Å²) in [4.78, 5) is 5.34. The average Bonchev–Trinajstić information content (AvgIpc) is 2.64. The number of thiol groups is 1. The zero-order valence-electron chi connectivity index (χ0n) is 13.8. The van der Waals surface area contributed by atoms with Crippen molar-refractivity contribution in [3.05, 3.63) is 0 Å². The van der Waals surface area contributed by atoms with Crippen LogP contribution >= 0.6 is 12.6 Å². The van der Waals surface area contributed by atoms with E-state index in [0.29, 0.717) is 11.0 Å². The van der Waals surface area contributed by atoms with Gasteiger partial charge in [0.15, 0.2) is 0 Å². The van der Waals surface area contributed by atoms with Crippen molar-refractivity contribution >= 4 is 12.6 Å². The van der Waals surface area contributed by atoms with Gasteiger partial charge in [0.2, 0.25) is 0 Å². The quantitative estimate of drug-likeness (QED) is 0.627. The third kappa shape index (κ3) is 4.38. The molecule has 0 aromatic heterocycles. The Kier molecular flexibility index (Phi) is 5.84. The Morgan fingerprint density at radius 1 is 0.900 bits per heavy atom. The zero-order valence-corrected chi connectivity index (χ0v) is 14.7. The van der Waals surface area contributed by atoms with Crippen molar-refractivity contribution in [3.8, 4) is 0 Å². The number of hydrogen-bond donors (Lipinski definition) is 1. The first-order valence-electron chi connectivity index (χ1n) is 8.54. The van der Waals surface area contributed by atoms with Gasteiger partial charge < -0.3 is 4.90 Å². The van der Waals surface area contributed by atoms with E-state index >= 15 is 0 Å². The summed E-state index contributed by atoms with van der Waals surface area (Å²) >= 11 is 4.72. The Labute approximate surface area is 131 Å². The van der Waals surface area contributed by atoms with Crippen LogP contribution in [0, 0.1) is 5.41 Å². The fourth-order valence-corrected chi connectivity index (χ4v) is 4.31. The van der Waals surface area contributed by atoms with Gasteiger partial charge in [-0.2, -0.15) is 12.6 Å².